The van der Waals surface area contributed by atoms with E-state index in [1.165, 1.54) is 0 Å². The van der Waals surface area contributed by atoms with Gasteiger partial charge in [0.25, 0.3) is 0 Å². The lowest BCUT2D eigenvalue weighted by Crippen LogP contribution is -2.51. The predicted octanol–water partition coefficient (Wildman–Crippen LogP) is 4.94. The summed E-state index contributed by atoms with van der Waals surface area (Å²) in [6.45, 7) is 11.7. The topological polar surface area (TPSA) is 103 Å². The summed E-state index contributed by atoms with van der Waals surface area (Å²) in [7, 11) is 0. The third kappa shape index (κ3) is 4.52. The van der Waals surface area contributed by atoms with E-state index >= 15 is 0 Å². The standard InChI is InChI=1S/C25H31N3O6/c1-7-31-22(29)21-20(19-16-9-8-12-26-17(16)10-11-18(19)33-21)27-13-15-14-32-25(5,6)28(15)23(30)34-24(2,3)4/h8-12,15,27H,7,13-14H2,1-6H3/t15-/m0/s1. The zero-order valence-corrected chi connectivity index (χ0v) is 20.4. The normalized spacial score (nSPS) is 17.8. The number of nitrogens with zero attached hydrogens (tertiary/aromatic N) is 2. The number of amides is 1. The molecule has 1 amide bonds. The Hall–Kier alpha value is -3.33. The molecule has 34 heavy (non-hydrogen) atoms. The first kappa shape index (κ1) is 23.8. The third-order valence-electron chi connectivity index (χ3n) is 5.58. The number of benzene rings is 1. The average molecular weight is 470 g/mol. The fourth-order valence-electron chi connectivity index (χ4n) is 4.19. The largest absolute Gasteiger partial charge is 0.460 e. The van der Waals surface area contributed by atoms with Crippen molar-refractivity contribution in [2.24, 2.45) is 0 Å². The highest BCUT2D eigenvalue weighted by Gasteiger charge is 2.45. The lowest BCUT2D eigenvalue weighted by Gasteiger charge is -2.35. The van der Waals surface area contributed by atoms with Crippen LogP contribution in [0.15, 0.2) is 34.9 Å². The Labute approximate surface area is 198 Å². The first-order valence-electron chi connectivity index (χ1n) is 11.4. The van der Waals surface area contributed by atoms with Gasteiger partial charge in [0.2, 0.25) is 5.76 Å². The fraction of sp³-hybridized carbons (Fsp3) is 0.480. The Morgan fingerprint density at radius 3 is 2.74 bits per heavy atom. The van der Waals surface area contributed by atoms with Gasteiger partial charge in [-0.25, -0.2) is 9.59 Å². The van der Waals surface area contributed by atoms with E-state index in [0.717, 1.165) is 16.3 Å². The van der Waals surface area contributed by atoms with Gasteiger partial charge in [0.05, 0.1) is 35.8 Å². The van der Waals surface area contributed by atoms with Crippen LogP contribution in [0.1, 0.15) is 52.1 Å². The van der Waals surface area contributed by atoms with E-state index in [1.54, 1.807) is 24.1 Å². The van der Waals surface area contributed by atoms with Crippen LogP contribution in [0.5, 0.6) is 0 Å². The number of rotatable bonds is 5. The molecule has 3 aromatic rings. The minimum Gasteiger partial charge on any atom is -0.460 e. The number of carbonyl (C=O) groups is 2. The second-order valence-electron chi connectivity index (χ2n) is 9.68. The highest BCUT2D eigenvalue weighted by Crippen LogP contribution is 2.37. The van der Waals surface area contributed by atoms with Crippen LogP contribution in [0.2, 0.25) is 0 Å². The van der Waals surface area contributed by atoms with Crippen molar-refractivity contribution in [3.8, 4) is 0 Å². The molecule has 0 aliphatic carbocycles. The van der Waals surface area contributed by atoms with Crippen molar-refractivity contribution in [2.45, 2.75) is 58.9 Å². The van der Waals surface area contributed by atoms with Crippen LogP contribution in [0, 0.1) is 0 Å². The fourth-order valence-corrected chi connectivity index (χ4v) is 4.19. The molecule has 1 atom stereocenters. The van der Waals surface area contributed by atoms with Gasteiger partial charge >= 0.3 is 12.1 Å². The number of fused-ring (bicyclic) bond motifs is 3. The maximum atomic E-state index is 13.0. The molecule has 0 bridgehead atoms. The van der Waals surface area contributed by atoms with E-state index in [-0.39, 0.29) is 18.4 Å². The average Bonchev–Trinajstić information content (AvgIpc) is 3.28. The molecule has 4 rings (SSSR count). The molecule has 182 valence electrons. The summed E-state index contributed by atoms with van der Waals surface area (Å²) >= 11 is 0. The smallest absolute Gasteiger partial charge is 0.412 e. The van der Waals surface area contributed by atoms with E-state index in [1.807, 2.05) is 52.8 Å². The van der Waals surface area contributed by atoms with Gasteiger partial charge < -0.3 is 23.9 Å². The number of hydrogen-bond acceptors (Lipinski definition) is 8. The van der Waals surface area contributed by atoms with Gasteiger partial charge in [-0.3, -0.25) is 9.88 Å². The van der Waals surface area contributed by atoms with Gasteiger partial charge in [0.15, 0.2) is 0 Å². The second-order valence-corrected chi connectivity index (χ2v) is 9.68. The Bertz CT molecular complexity index is 1230. The van der Waals surface area contributed by atoms with Crippen LogP contribution in [-0.2, 0) is 14.2 Å². The highest BCUT2D eigenvalue weighted by atomic mass is 16.6. The van der Waals surface area contributed by atoms with E-state index in [2.05, 4.69) is 10.3 Å². The van der Waals surface area contributed by atoms with Crippen LogP contribution in [0.3, 0.4) is 0 Å². The van der Waals surface area contributed by atoms with Crippen molar-refractivity contribution in [3.05, 3.63) is 36.2 Å². The van der Waals surface area contributed by atoms with E-state index in [9.17, 15) is 9.59 Å². The summed E-state index contributed by atoms with van der Waals surface area (Å²) in [6, 6.07) is 7.05. The third-order valence-corrected chi connectivity index (χ3v) is 5.58. The minimum absolute atomic E-state index is 0.0789. The van der Waals surface area contributed by atoms with Gasteiger partial charge in [-0.1, -0.05) is 6.07 Å². The summed E-state index contributed by atoms with van der Waals surface area (Å²) in [5.41, 5.74) is 0.333. The molecule has 1 saturated heterocycles. The molecule has 9 nitrogen and oxygen atoms in total. The van der Waals surface area contributed by atoms with Crippen LogP contribution >= 0.6 is 0 Å². The molecular formula is C25H31N3O6. The van der Waals surface area contributed by atoms with E-state index < -0.39 is 23.4 Å². The molecule has 1 aliphatic heterocycles. The SMILES string of the molecule is CCOC(=O)c1oc2ccc3ncccc3c2c1NC[C@H]1COC(C)(C)N1C(=O)OC(C)(C)C. The number of nitrogens with one attached hydrogen (secondary N) is 1. The molecule has 3 heterocycles. The number of pyridine rings is 1. The molecule has 1 fully saturated rings. The number of ether oxygens (including phenoxy) is 3. The molecular weight excluding hydrogens is 438 g/mol. The minimum atomic E-state index is -0.840. The molecule has 1 N–H and O–H groups in total. The molecule has 2 aromatic heterocycles. The molecule has 1 aliphatic rings. The van der Waals surface area contributed by atoms with E-state index in [4.69, 9.17) is 18.6 Å². The second kappa shape index (κ2) is 8.79. The van der Waals surface area contributed by atoms with Crippen molar-refractivity contribution in [2.75, 3.05) is 25.1 Å². The first-order valence-corrected chi connectivity index (χ1v) is 11.4. The number of aromatic nitrogens is 1. The Morgan fingerprint density at radius 1 is 1.26 bits per heavy atom. The lowest BCUT2D eigenvalue weighted by molar-refractivity contribution is -0.0620. The zero-order valence-electron chi connectivity index (χ0n) is 20.4. The van der Waals surface area contributed by atoms with Crippen LogP contribution in [0.4, 0.5) is 10.5 Å². The number of hydrogen-bond donors (Lipinski definition) is 1. The van der Waals surface area contributed by atoms with Crippen molar-refractivity contribution >= 4 is 39.6 Å². The quantitative estimate of drug-likeness (QED) is 0.524. The van der Waals surface area contributed by atoms with Crippen molar-refractivity contribution < 1.29 is 28.2 Å². The maximum absolute atomic E-state index is 13.0. The highest BCUT2D eigenvalue weighted by molar-refractivity contribution is 6.15. The summed E-state index contributed by atoms with van der Waals surface area (Å²) in [5.74, 6) is -0.486. The molecule has 1 aromatic carbocycles. The molecule has 9 heteroatoms. The zero-order chi connectivity index (χ0) is 24.7. The first-order chi connectivity index (χ1) is 16.0. The lowest BCUT2D eigenvalue weighted by atomic mass is 10.1. The van der Waals surface area contributed by atoms with Crippen molar-refractivity contribution in [1.29, 1.82) is 0 Å². The van der Waals surface area contributed by atoms with E-state index in [0.29, 0.717) is 24.4 Å². The van der Waals surface area contributed by atoms with Gasteiger partial charge in [-0.05, 0) is 59.7 Å². The van der Waals surface area contributed by atoms with Crippen LogP contribution in [0.25, 0.3) is 21.9 Å². The maximum Gasteiger partial charge on any atom is 0.412 e. The molecule has 0 saturated carbocycles. The monoisotopic (exact) mass is 469 g/mol. The van der Waals surface area contributed by atoms with Crippen LogP contribution in [-0.4, -0.2) is 59.1 Å². The predicted molar refractivity (Wildman–Crippen MR) is 128 cm³/mol. The summed E-state index contributed by atoms with van der Waals surface area (Å²) < 4.78 is 22.7. The molecule has 0 unspecified atom stereocenters. The summed E-state index contributed by atoms with van der Waals surface area (Å²) in [6.07, 6.45) is 1.25. The Balaban J connectivity index is 1.71. The summed E-state index contributed by atoms with van der Waals surface area (Å²) in [4.78, 5) is 31.7. The number of carbonyl (C=O) groups excluding carboxylic acids is 2. The Kier molecular flexibility index (Phi) is 6.16. The molecule has 0 spiro atoms. The Morgan fingerprint density at radius 2 is 2.03 bits per heavy atom. The van der Waals surface area contributed by atoms with Gasteiger partial charge in [-0.2, -0.15) is 0 Å². The number of esters is 1. The summed E-state index contributed by atoms with van der Waals surface area (Å²) in [5, 5.41) is 4.92. The van der Waals surface area contributed by atoms with Crippen LogP contribution < -0.4 is 5.32 Å². The molecule has 0 radical (unpaired) electrons. The van der Waals surface area contributed by atoms with Crippen molar-refractivity contribution in [3.63, 3.8) is 0 Å². The van der Waals surface area contributed by atoms with Crippen molar-refractivity contribution in [1.82, 2.24) is 9.88 Å². The number of furan rings is 1. The van der Waals surface area contributed by atoms with Gasteiger partial charge in [0, 0.05) is 18.1 Å². The van der Waals surface area contributed by atoms with Gasteiger partial charge in [-0.15, -0.1) is 0 Å². The number of anilines is 1. The van der Waals surface area contributed by atoms with Gasteiger partial charge in [0.1, 0.15) is 16.9 Å².